The Bertz CT molecular complexity index is 853. The van der Waals surface area contributed by atoms with Crippen LogP contribution in [0.1, 0.15) is 11.3 Å². The molecule has 1 fully saturated rings. The molecule has 1 aliphatic rings. The minimum Gasteiger partial charge on any atom is -0.360 e. The molecule has 1 aromatic carbocycles. The molecule has 0 aliphatic carbocycles. The largest absolute Gasteiger partial charge is 0.360 e. The maximum Gasteiger partial charge on any atom is 0.323 e. The monoisotopic (exact) mass is 364 g/mol. The van der Waals surface area contributed by atoms with Crippen LogP contribution in [0.2, 0.25) is 0 Å². The molecule has 0 bridgehead atoms. The third kappa shape index (κ3) is 3.83. The Labute approximate surface area is 146 Å². The Hall–Kier alpha value is -2.39. The number of sulfonamides is 1. The number of nitrogens with zero attached hydrogens (tertiary/aromatic N) is 3. The van der Waals surface area contributed by atoms with Gasteiger partial charge in [-0.15, -0.1) is 0 Å². The number of urea groups is 1. The molecule has 0 saturated carbocycles. The van der Waals surface area contributed by atoms with Gasteiger partial charge in [0.25, 0.3) is 0 Å². The van der Waals surface area contributed by atoms with Gasteiger partial charge in [0.1, 0.15) is 5.76 Å². The van der Waals surface area contributed by atoms with E-state index in [-0.39, 0.29) is 24.0 Å². The summed E-state index contributed by atoms with van der Waals surface area (Å²) in [5.41, 5.74) is 1.00. The van der Waals surface area contributed by atoms with Gasteiger partial charge in [0, 0.05) is 32.2 Å². The number of carbonyl (C=O) groups is 1. The fraction of sp³-hybridized carbons (Fsp3) is 0.375. The molecule has 0 spiro atoms. The highest BCUT2D eigenvalue weighted by molar-refractivity contribution is 7.89. The maximum absolute atomic E-state index is 12.7. The summed E-state index contributed by atoms with van der Waals surface area (Å²) in [6.45, 7) is 4.77. The van der Waals surface area contributed by atoms with Crippen LogP contribution >= 0.6 is 0 Å². The van der Waals surface area contributed by atoms with E-state index in [1.165, 1.54) is 4.31 Å². The van der Waals surface area contributed by atoms with Crippen molar-refractivity contribution in [2.24, 2.45) is 0 Å². The zero-order valence-electron chi connectivity index (χ0n) is 14.1. The van der Waals surface area contributed by atoms with Crippen LogP contribution in [0.15, 0.2) is 39.8 Å². The standard InChI is InChI=1S/C16H20N4O4S/c1-12-3-5-14(6-4-12)25(22,23)20-9-7-19(8-10-20)16(21)17-15-11-13(2)24-18-15/h3-6,11H,7-10H2,1-2H3,(H,17,18,21). The first-order chi connectivity index (χ1) is 11.9. The molecule has 1 saturated heterocycles. The van der Waals surface area contributed by atoms with Crippen LogP contribution in [-0.4, -0.2) is 55.0 Å². The topological polar surface area (TPSA) is 95.8 Å². The molecule has 3 rings (SSSR count). The molecular weight excluding hydrogens is 344 g/mol. The second-order valence-electron chi connectivity index (χ2n) is 5.96. The van der Waals surface area contributed by atoms with Crippen molar-refractivity contribution in [2.45, 2.75) is 18.7 Å². The van der Waals surface area contributed by atoms with Crippen LogP contribution < -0.4 is 5.32 Å². The Morgan fingerprint density at radius 1 is 1.12 bits per heavy atom. The zero-order valence-corrected chi connectivity index (χ0v) is 14.9. The number of benzene rings is 1. The molecule has 2 aromatic rings. The smallest absolute Gasteiger partial charge is 0.323 e. The molecular formula is C16H20N4O4S. The van der Waals surface area contributed by atoms with E-state index in [0.717, 1.165) is 5.56 Å². The number of hydrogen-bond donors (Lipinski definition) is 1. The summed E-state index contributed by atoms with van der Waals surface area (Å²) in [7, 11) is -3.54. The average molecular weight is 364 g/mol. The van der Waals surface area contributed by atoms with Gasteiger partial charge in [0.2, 0.25) is 10.0 Å². The summed E-state index contributed by atoms with van der Waals surface area (Å²) in [6, 6.07) is 8.07. The lowest BCUT2D eigenvalue weighted by Crippen LogP contribution is -2.51. The van der Waals surface area contributed by atoms with E-state index in [0.29, 0.717) is 24.7 Å². The van der Waals surface area contributed by atoms with E-state index < -0.39 is 10.0 Å². The quantitative estimate of drug-likeness (QED) is 0.896. The Morgan fingerprint density at radius 3 is 2.32 bits per heavy atom. The Balaban J connectivity index is 1.61. The van der Waals surface area contributed by atoms with E-state index in [2.05, 4.69) is 10.5 Å². The molecule has 9 heteroatoms. The van der Waals surface area contributed by atoms with Crippen molar-refractivity contribution >= 4 is 21.9 Å². The first-order valence-electron chi connectivity index (χ1n) is 7.92. The Kier molecular flexibility index (Phi) is 4.78. The number of nitrogens with one attached hydrogen (secondary N) is 1. The van der Waals surface area contributed by atoms with E-state index in [1.54, 1.807) is 42.2 Å². The van der Waals surface area contributed by atoms with E-state index in [4.69, 9.17) is 4.52 Å². The summed E-state index contributed by atoms with van der Waals surface area (Å²) < 4.78 is 31.6. The predicted molar refractivity (Wildman–Crippen MR) is 91.8 cm³/mol. The van der Waals surface area contributed by atoms with E-state index in [1.807, 2.05) is 6.92 Å². The number of carbonyl (C=O) groups excluding carboxylic acids is 1. The van der Waals surface area contributed by atoms with Crippen LogP contribution in [-0.2, 0) is 10.0 Å². The highest BCUT2D eigenvalue weighted by Crippen LogP contribution is 2.18. The van der Waals surface area contributed by atoms with Gasteiger partial charge in [0.15, 0.2) is 5.82 Å². The maximum atomic E-state index is 12.7. The minimum atomic E-state index is -3.54. The summed E-state index contributed by atoms with van der Waals surface area (Å²) >= 11 is 0. The van der Waals surface area contributed by atoms with Gasteiger partial charge in [-0.3, -0.25) is 5.32 Å². The van der Waals surface area contributed by atoms with Crippen LogP contribution in [0.3, 0.4) is 0 Å². The highest BCUT2D eigenvalue weighted by atomic mass is 32.2. The van der Waals surface area contributed by atoms with Crippen LogP contribution in [0.4, 0.5) is 10.6 Å². The van der Waals surface area contributed by atoms with Gasteiger partial charge in [-0.05, 0) is 26.0 Å². The average Bonchev–Trinajstić information content (AvgIpc) is 3.00. The first kappa shape index (κ1) is 17.4. The second-order valence-corrected chi connectivity index (χ2v) is 7.90. The van der Waals surface area contributed by atoms with Gasteiger partial charge in [0.05, 0.1) is 4.90 Å². The number of amides is 2. The first-order valence-corrected chi connectivity index (χ1v) is 9.36. The van der Waals surface area contributed by atoms with Crippen molar-refractivity contribution in [3.8, 4) is 0 Å². The van der Waals surface area contributed by atoms with Gasteiger partial charge in [-0.25, -0.2) is 13.2 Å². The molecule has 134 valence electrons. The van der Waals surface area contributed by atoms with Gasteiger partial charge >= 0.3 is 6.03 Å². The SMILES string of the molecule is Cc1ccc(S(=O)(=O)N2CCN(C(=O)Nc3cc(C)on3)CC2)cc1. The molecule has 1 aromatic heterocycles. The van der Waals surface area contributed by atoms with Gasteiger partial charge in [-0.2, -0.15) is 4.31 Å². The van der Waals surface area contributed by atoms with E-state index in [9.17, 15) is 13.2 Å². The number of aromatic nitrogens is 1. The molecule has 1 aliphatic heterocycles. The van der Waals surface area contributed by atoms with Crippen molar-refractivity contribution in [2.75, 3.05) is 31.5 Å². The van der Waals surface area contributed by atoms with Gasteiger partial charge < -0.3 is 9.42 Å². The molecule has 2 amide bonds. The van der Waals surface area contributed by atoms with Crippen molar-refractivity contribution in [3.05, 3.63) is 41.7 Å². The molecule has 1 N–H and O–H groups in total. The fourth-order valence-corrected chi connectivity index (χ4v) is 4.03. The normalized spacial score (nSPS) is 16.0. The van der Waals surface area contributed by atoms with Crippen molar-refractivity contribution in [1.29, 1.82) is 0 Å². The molecule has 0 atom stereocenters. The molecule has 8 nitrogen and oxygen atoms in total. The van der Waals surface area contributed by atoms with E-state index >= 15 is 0 Å². The molecule has 0 unspecified atom stereocenters. The third-order valence-electron chi connectivity index (χ3n) is 4.05. The fourth-order valence-electron chi connectivity index (χ4n) is 2.60. The third-order valence-corrected chi connectivity index (χ3v) is 5.96. The summed E-state index contributed by atoms with van der Waals surface area (Å²) in [4.78, 5) is 14.0. The van der Waals surface area contributed by atoms with Crippen LogP contribution in [0, 0.1) is 13.8 Å². The number of hydrogen-bond acceptors (Lipinski definition) is 5. The number of piperazine rings is 1. The lowest BCUT2D eigenvalue weighted by molar-refractivity contribution is 0.184. The van der Waals surface area contributed by atoms with Crippen LogP contribution in [0.25, 0.3) is 0 Å². The number of rotatable bonds is 3. The molecule has 25 heavy (non-hydrogen) atoms. The van der Waals surface area contributed by atoms with Crippen molar-refractivity contribution < 1.29 is 17.7 Å². The molecule has 2 heterocycles. The van der Waals surface area contributed by atoms with Crippen molar-refractivity contribution in [1.82, 2.24) is 14.4 Å². The summed E-state index contributed by atoms with van der Waals surface area (Å²) in [5.74, 6) is 0.946. The number of anilines is 1. The van der Waals surface area contributed by atoms with Gasteiger partial charge in [-0.1, -0.05) is 22.9 Å². The zero-order chi connectivity index (χ0) is 18.0. The molecule has 0 radical (unpaired) electrons. The van der Waals surface area contributed by atoms with Crippen LogP contribution in [0.5, 0.6) is 0 Å². The highest BCUT2D eigenvalue weighted by Gasteiger charge is 2.30. The summed E-state index contributed by atoms with van der Waals surface area (Å²) in [5, 5.41) is 6.35. The summed E-state index contributed by atoms with van der Waals surface area (Å²) in [6.07, 6.45) is 0. The second kappa shape index (κ2) is 6.85. The minimum absolute atomic E-state index is 0.251. The predicted octanol–water partition coefficient (Wildman–Crippen LogP) is 1.83. The lowest BCUT2D eigenvalue weighted by atomic mass is 10.2. The van der Waals surface area contributed by atoms with Crippen molar-refractivity contribution in [3.63, 3.8) is 0 Å². The number of aryl methyl sites for hydroxylation is 2. The lowest BCUT2D eigenvalue weighted by Gasteiger charge is -2.33. The Morgan fingerprint density at radius 2 is 1.76 bits per heavy atom.